The van der Waals surface area contributed by atoms with Crippen molar-refractivity contribution in [2.45, 2.75) is 74.8 Å². The van der Waals surface area contributed by atoms with Gasteiger partial charge in [-0.3, -0.25) is 28.6 Å². The molecule has 1 heterocycles. The van der Waals surface area contributed by atoms with E-state index in [0.717, 1.165) is 25.7 Å². The molecule has 0 bridgehead atoms. The number of carbonyl (C=O) groups is 4. The van der Waals surface area contributed by atoms with Crippen molar-refractivity contribution in [2.75, 3.05) is 10.0 Å². The number of Topliss-reactive ketones (excluding diaryl/α,β-unsaturated/α-hetero) is 1. The van der Waals surface area contributed by atoms with Crippen LogP contribution >= 0.6 is 0 Å². The smallest absolute Gasteiger partial charge is 0.295 e. The van der Waals surface area contributed by atoms with Gasteiger partial charge in [-0.15, -0.1) is 0 Å². The van der Waals surface area contributed by atoms with Gasteiger partial charge in [0.1, 0.15) is 11.6 Å². The Labute approximate surface area is 262 Å². The van der Waals surface area contributed by atoms with Gasteiger partial charge in [0.25, 0.3) is 21.8 Å². The van der Waals surface area contributed by atoms with Gasteiger partial charge in [0.15, 0.2) is 5.82 Å². The highest BCUT2D eigenvalue weighted by Crippen LogP contribution is 2.42. The molecule has 13 heteroatoms. The number of benzene rings is 2. The van der Waals surface area contributed by atoms with E-state index in [4.69, 9.17) is 0 Å². The molecule has 3 amide bonds. The Bertz CT molecular complexity index is 1680. The zero-order valence-corrected chi connectivity index (χ0v) is 26.2. The molecule has 2 fully saturated rings. The maximum absolute atomic E-state index is 13.8. The summed E-state index contributed by atoms with van der Waals surface area (Å²) in [7, 11) is -2.12. The lowest BCUT2D eigenvalue weighted by Crippen LogP contribution is -2.65. The van der Waals surface area contributed by atoms with Crippen molar-refractivity contribution in [3.8, 4) is 0 Å². The first-order valence-electron chi connectivity index (χ1n) is 15.0. The van der Waals surface area contributed by atoms with Crippen molar-refractivity contribution in [1.29, 1.82) is 0 Å². The highest BCUT2D eigenvalue weighted by atomic mass is 32.2. The minimum Gasteiger partial charge on any atom is -0.341 e. The first-order valence-corrected chi connectivity index (χ1v) is 16.5. The van der Waals surface area contributed by atoms with Gasteiger partial charge in [-0.1, -0.05) is 38.0 Å². The summed E-state index contributed by atoms with van der Waals surface area (Å²) in [5.74, 6) is -2.42. The number of sulfonamides is 1. The molecule has 2 saturated carbocycles. The molecule has 4 N–H and O–H groups in total. The molecule has 1 atom stereocenters. The van der Waals surface area contributed by atoms with Crippen molar-refractivity contribution < 1.29 is 27.6 Å². The Hall–Kier alpha value is -4.52. The van der Waals surface area contributed by atoms with E-state index in [1.165, 1.54) is 41.1 Å². The van der Waals surface area contributed by atoms with Crippen LogP contribution in [0.1, 0.15) is 68.6 Å². The lowest BCUT2D eigenvalue weighted by Gasteiger charge is -2.41. The van der Waals surface area contributed by atoms with E-state index in [-0.39, 0.29) is 27.4 Å². The second-order valence-corrected chi connectivity index (χ2v) is 14.0. The van der Waals surface area contributed by atoms with Crippen LogP contribution in [0.4, 0.5) is 11.5 Å². The van der Waals surface area contributed by atoms with E-state index < -0.39 is 45.1 Å². The molecule has 238 valence electrons. The summed E-state index contributed by atoms with van der Waals surface area (Å²) in [6.45, 7) is 2.09. The predicted molar refractivity (Wildman–Crippen MR) is 168 cm³/mol. The highest BCUT2D eigenvalue weighted by molar-refractivity contribution is 7.92. The van der Waals surface area contributed by atoms with Crippen LogP contribution in [0.3, 0.4) is 0 Å². The van der Waals surface area contributed by atoms with Gasteiger partial charge in [0.2, 0.25) is 11.7 Å². The van der Waals surface area contributed by atoms with Gasteiger partial charge in [-0.25, -0.2) is 8.42 Å². The summed E-state index contributed by atoms with van der Waals surface area (Å²) in [5.41, 5.74) is -1.02. The Morgan fingerprint density at radius 2 is 1.58 bits per heavy atom. The van der Waals surface area contributed by atoms with Gasteiger partial charge >= 0.3 is 0 Å². The molecule has 45 heavy (non-hydrogen) atoms. The number of ketones is 1. The second-order valence-electron chi connectivity index (χ2n) is 12.3. The number of hydrogen-bond donors (Lipinski definition) is 4. The van der Waals surface area contributed by atoms with Crippen molar-refractivity contribution in [3.63, 3.8) is 0 Å². The number of nitrogens with zero attached hydrogens (tertiary/aromatic N) is 2. The predicted octanol–water partition coefficient (Wildman–Crippen LogP) is 3.54. The number of carbonyl (C=O) groups excluding carboxylic acids is 4. The van der Waals surface area contributed by atoms with Gasteiger partial charge < -0.3 is 16.0 Å². The van der Waals surface area contributed by atoms with E-state index in [1.54, 1.807) is 37.5 Å². The topological polar surface area (TPSA) is 168 Å². The Kier molecular flexibility index (Phi) is 9.10. The number of amides is 3. The summed E-state index contributed by atoms with van der Waals surface area (Å²) < 4.78 is 29.3. The molecule has 0 saturated heterocycles. The average Bonchev–Trinajstić information content (AvgIpc) is 3.62. The highest BCUT2D eigenvalue weighted by Gasteiger charge is 2.49. The normalized spacial score (nSPS) is 17.4. The fraction of sp³-hybridized carbons (Fsp3) is 0.406. The van der Waals surface area contributed by atoms with E-state index in [2.05, 4.69) is 32.7 Å². The second kappa shape index (κ2) is 12.8. The molecule has 2 aliphatic carbocycles. The number of aryl methyl sites for hydroxylation is 1. The van der Waals surface area contributed by atoms with E-state index in [9.17, 15) is 27.6 Å². The summed E-state index contributed by atoms with van der Waals surface area (Å²) in [6, 6.07) is 14.4. The van der Waals surface area contributed by atoms with Crippen LogP contribution in [-0.2, 0) is 31.5 Å². The molecular weight excluding hydrogens is 596 g/mol. The summed E-state index contributed by atoms with van der Waals surface area (Å²) in [5, 5.41) is 12.3. The molecule has 12 nitrogen and oxygen atoms in total. The maximum atomic E-state index is 13.8. The fourth-order valence-electron chi connectivity index (χ4n) is 6.01. The fourth-order valence-corrected chi connectivity index (χ4v) is 7.09. The molecular formula is C32H38N6O6S. The number of rotatable bonds is 12. The molecule has 5 rings (SSSR count). The number of hydrogen-bond acceptors (Lipinski definition) is 7. The van der Waals surface area contributed by atoms with Crippen LogP contribution in [0, 0.1) is 5.41 Å². The summed E-state index contributed by atoms with van der Waals surface area (Å²) in [4.78, 5) is 53.4. The van der Waals surface area contributed by atoms with E-state index in [1.807, 2.05) is 0 Å². The SMILES string of the molecule is Cn1ccc(NC(=O)C(=O)C2(NC(=O)[C@H](CC3(C)CCCC3)NC(=O)c3ccc(NS(=O)(=O)c4ccccc4)cc3)CCC2)n1. The van der Waals surface area contributed by atoms with Gasteiger partial charge in [0, 0.05) is 30.6 Å². The van der Waals surface area contributed by atoms with Gasteiger partial charge in [-0.05, 0) is 80.3 Å². The Morgan fingerprint density at radius 1 is 0.911 bits per heavy atom. The molecule has 2 aromatic carbocycles. The number of aromatic nitrogens is 2. The van der Waals surface area contributed by atoms with Crippen LogP contribution in [-0.4, -0.2) is 53.3 Å². The first kappa shape index (κ1) is 31.9. The van der Waals surface area contributed by atoms with Crippen LogP contribution in [0.25, 0.3) is 0 Å². The van der Waals surface area contributed by atoms with Crippen LogP contribution in [0.5, 0.6) is 0 Å². The molecule has 3 aromatic rings. The van der Waals surface area contributed by atoms with Crippen molar-refractivity contribution >= 4 is 45.0 Å². The lowest BCUT2D eigenvalue weighted by atomic mass is 9.72. The molecule has 0 radical (unpaired) electrons. The number of nitrogens with one attached hydrogen (secondary N) is 4. The van der Waals surface area contributed by atoms with Crippen molar-refractivity contribution in [2.24, 2.45) is 12.5 Å². The van der Waals surface area contributed by atoms with Gasteiger partial charge in [0.05, 0.1) is 4.90 Å². The standard InChI is InChI=1S/C32H38N6O6S/c1-31(16-6-7-17-31)21-25(29(41)35-32(18-8-19-32)27(39)30(42)34-26-15-20-38(2)36-26)33-28(40)22-11-13-23(14-12-22)37-45(43,44)24-9-4-3-5-10-24/h3-5,9-15,20,25,37H,6-8,16-19,21H2,1-2H3,(H,33,40)(H,35,41)(H,34,36,42)/t25-/m0/s1. The zero-order chi connectivity index (χ0) is 32.2. The Balaban J connectivity index is 1.29. The van der Waals surface area contributed by atoms with E-state index >= 15 is 0 Å². The third-order valence-corrected chi connectivity index (χ3v) is 10.1. The van der Waals surface area contributed by atoms with Crippen molar-refractivity contribution in [3.05, 3.63) is 72.4 Å². The molecule has 0 spiro atoms. The number of anilines is 2. The molecule has 1 aromatic heterocycles. The van der Waals surface area contributed by atoms with E-state index in [0.29, 0.717) is 25.7 Å². The van der Waals surface area contributed by atoms with Crippen LogP contribution < -0.4 is 20.7 Å². The van der Waals surface area contributed by atoms with Crippen LogP contribution in [0.15, 0.2) is 71.8 Å². The summed E-state index contributed by atoms with van der Waals surface area (Å²) >= 11 is 0. The van der Waals surface area contributed by atoms with Crippen LogP contribution in [0.2, 0.25) is 0 Å². The zero-order valence-electron chi connectivity index (χ0n) is 25.3. The Morgan fingerprint density at radius 3 is 2.16 bits per heavy atom. The summed E-state index contributed by atoms with van der Waals surface area (Å²) in [6.07, 6.45) is 7.14. The largest absolute Gasteiger partial charge is 0.341 e. The van der Waals surface area contributed by atoms with Crippen molar-refractivity contribution in [1.82, 2.24) is 20.4 Å². The quantitative estimate of drug-likeness (QED) is 0.221. The average molecular weight is 635 g/mol. The monoisotopic (exact) mass is 634 g/mol. The first-order chi connectivity index (χ1) is 21.4. The third kappa shape index (κ3) is 7.42. The third-order valence-electron chi connectivity index (χ3n) is 8.75. The lowest BCUT2D eigenvalue weighted by molar-refractivity contribution is -0.144. The van der Waals surface area contributed by atoms with Gasteiger partial charge in [-0.2, -0.15) is 5.10 Å². The molecule has 0 unspecified atom stereocenters. The maximum Gasteiger partial charge on any atom is 0.295 e. The molecule has 0 aliphatic heterocycles. The minimum absolute atomic E-state index is 0.109. The molecule has 2 aliphatic rings. The minimum atomic E-state index is -3.81.